The van der Waals surface area contributed by atoms with E-state index in [2.05, 4.69) is 39.2 Å². The second-order valence-corrected chi connectivity index (χ2v) is 8.47. The third kappa shape index (κ3) is 4.75. The molecule has 0 unspecified atom stereocenters. The average Bonchev–Trinajstić information content (AvgIpc) is 3.39. The molecule has 4 rings (SSSR count). The number of tetrazole rings is 1. The van der Waals surface area contributed by atoms with Gasteiger partial charge < -0.3 is 9.64 Å². The largest absolute Gasteiger partial charge is 0.376 e. The van der Waals surface area contributed by atoms with Crippen molar-refractivity contribution >= 4 is 5.69 Å². The van der Waals surface area contributed by atoms with Gasteiger partial charge in [-0.2, -0.15) is 0 Å². The molecule has 2 fully saturated rings. The van der Waals surface area contributed by atoms with Crippen LogP contribution in [0.2, 0.25) is 0 Å². The van der Waals surface area contributed by atoms with Crippen LogP contribution < -0.4 is 4.90 Å². The van der Waals surface area contributed by atoms with Crippen molar-refractivity contribution in [2.24, 2.45) is 5.92 Å². The number of piperazine rings is 1. The summed E-state index contributed by atoms with van der Waals surface area (Å²) in [6.07, 6.45) is 3.37. The normalized spacial score (nSPS) is 21.8. The van der Waals surface area contributed by atoms with Crippen LogP contribution in [0.4, 0.5) is 10.1 Å². The fraction of sp³-hybridized carbons (Fsp3) is 0.667. The van der Waals surface area contributed by atoms with E-state index in [0.29, 0.717) is 18.2 Å². The topological polar surface area (TPSA) is 59.3 Å². The van der Waals surface area contributed by atoms with Crippen LogP contribution in [0.15, 0.2) is 24.3 Å². The number of hydrogen-bond donors (Lipinski definition) is 0. The highest BCUT2D eigenvalue weighted by atomic mass is 19.1. The molecule has 1 aromatic heterocycles. The molecule has 0 saturated carbocycles. The first-order valence-electron chi connectivity index (χ1n) is 10.7. The van der Waals surface area contributed by atoms with Crippen LogP contribution in [0, 0.1) is 11.7 Å². The first-order valence-corrected chi connectivity index (χ1v) is 10.7. The lowest BCUT2D eigenvalue weighted by Crippen LogP contribution is -2.48. The van der Waals surface area contributed by atoms with Crippen LogP contribution >= 0.6 is 0 Å². The van der Waals surface area contributed by atoms with Gasteiger partial charge in [-0.05, 0) is 47.7 Å². The summed E-state index contributed by atoms with van der Waals surface area (Å²) in [6, 6.07) is 7.18. The highest BCUT2D eigenvalue weighted by molar-refractivity contribution is 5.48. The van der Waals surface area contributed by atoms with Gasteiger partial charge in [0.25, 0.3) is 0 Å². The Morgan fingerprint density at radius 2 is 1.97 bits per heavy atom. The van der Waals surface area contributed by atoms with E-state index >= 15 is 0 Å². The van der Waals surface area contributed by atoms with Crippen LogP contribution in [-0.4, -0.2) is 64.0 Å². The lowest BCUT2D eigenvalue weighted by atomic mass is 10.0. The Labute approximate surface area is 171 Å². The summed E-state index contributed by atoms with van der Waals surface area (Å²) < 4.78 is 21.9. The fourth-order valence-corrected chi connectivity index (χ4v) is 4.41. The Kier molecular flexibility index (Phi) is 6.40. The van der Waals surface area contributed by atoms with E-state index in [-0.39, 0.29) is 18.0 Å². The van der Waals surface area contributed by atoms with E-state index in [1.807, 2.05) is 16.8 Å². The SMILES string of the molecule is CC(C)C[C@H](c1nnnn1C[C@@H]1CCCO1)N1CCN(c2ccccc2F)CC1. The van der Waals surface area contributed by atoms with Gasteiger partial charge in [-0.3, -0.25) is 4.90 Å². The van der Waals surface area contributed by atoms with Gasteiger partial charge in [0.15, 0.2) is 5.82 Å². The molecule has 2 aromatic rings. The number of para-hydroxylation sites is 1. The lowest BCUT2D eigenvalue weighted by Gasteiger charge is -2.40. The van der Waals surface area contributed by atoms with Crippen molar-refractivity contribution in [3.63, 3.8) is 0 Å². The molecule has 7 nitrogen and oxygen atoms in total. The molecule has 2 saturated heterocycles. The van der Waals surface area contributed by atoms with Crippen LogP contribution in [0.1, 0.15) is 45.0 Å². The highest BCUT2D eigenvalue weighted by Gasteiger charge is 2.31. The molecule has 0 N–H and O–H groups in total. The van der Waals surface area contributed by atoms with Crippen LogP contribution in [-0.2, 0) is 11.3 Å². The molecule has 29 heavy (non-hydrogen) atoms. The monoisotopic (exact) mass is 402 g/mol. The summed E-state index contributed by atoms with van der Waals surface area (Å²) in [6.45, 7) is 9.32. The number of aromatic nitrogens is 4. The minimum atomic E-state index is -0.153. The summed E-state index contributed by atoms with van der Waals surface area (Å²) in [5.74, 6) is 1.30. The Balaban J connectivity index is 1.47. The fourth-order valence-electron chi connectivity index (χ4n) is 4.41. The van der Waals surface area contributed by atoms with Crippen molar-refractivity contribution in [1.29, 1.82) is 0 Å². The van der Waals surface area contributed by atoms with Gasteiger partial charge in [0.1, 0.15) is 5.82 Å². The number of ether oxygens (including phenoxy) is 1. The Bertz CT molecular complexity index is 783. The van der Waals surface area contributed by atoms with Crippen molar-refractivity contribution < 1.29 is 9.13 Å². The molecule has 0 aliphatic carbocycles. The number of benzene rings is 1. The summed E-state index contributed by atoms with van der Waals surface area (Å²) in [7, 11) is 0. The molecule has 0 amide bonds. The standard InChI is InChI=1S/C21H31FN6O/c1-16(2)14-20(21-23-24-25-28(21)15-17-6-5-13-29-17)27-11-9-26(10-12-27)19-8-4-3-7-18(19)22/h3-4,7-8,16-17,20H,5-6,9-15H2,1-2H3/t17-,20+/m0/s1. The predicted molar refractivity (Wildman–Crippen MR) is 109 cm³/mol. The van der Waals surface area contributed by atoms with Crippen molar-refractivity contribution in [3.8, 4) is 0 Å². The van der Waals surface area contributed by atoms with Gasteiger partial charge in [-0.1, -0.05) is 26.0 Å². The van der Waals surface area contributed by atoms with E-state index in [1.54, 1.807) is 6.07 Å². The van der Waals surface area contributed by atoms with Crippen molar-refractivity contribution in [2.75, 3.05) is 37.7 Å². The van der Waals surface area contributed by atoms with E-state index in [0.717, 1.165) is 57.9 Å². The minimum Gasteiger partial charge on any atom is -0.376 e. The summed E-state index contributed by atoms with van der Waals surface area (Å²) >= 11 is 0. The molecule has 8 heteroatoms. The molecule has 2 aliphatic rings. The predicted octanol–water partition coefficient (Wildman–Crippen LogP) is 2.90. The summed E-state index contributed by atoms with van der Waals surface area (Å²) in [5, 5.41) is 12.7. The maximum absolute atomic E-state index is 14.2. The molecule has 2 atom stereocenters. The molecule has 0 spiro atoms. The smallest absolute Gasteiger partial charge is 0.168 e. The van der Waals surface area contributed by atoms with E-state index in [1.165, 1.54) is 6.07 Å². The average molecular weight is 403 g/mol. The Morgan fingerprint density at radius 3 is 2.66 bits per heavy atom. The molecule has 1 aromatic carbocycles. The van der Waals surface area contributed by atoms with E-state index < -0.39 is 0 Å². The van der Waals surface area contributed by atoms with Gasteiger partial charge in [0, 0.05) is 32.8 Å². The molecular weight excluding hydrogens is 371 g/mol. The minimum absolute atomic E-state index is 0.153. The van der Waals surface area contributed by atoms with Crippen molar-refractivity contribution in [2.45, 2.75) is 51.8 Å². The maximum atomic E-state index is 14.2. The van der Waals surface area contributed by atoms with E-state index in [9.17, 15) is 4.39 Å². The zero-order valence-electron chi connectivity index (χ0n) is 17.4. The molecular formula is C21H31FN6O. The second kappa shape index (κ2) is 9.17. The summed E-state index contributed by atoms with van der Waals surface area (Å²) in [5.41, 5.74) is 0.691. The molecule has 0 bridgehead atoms. The van der Waals surface area contributed by atoms with Gasteiger partial charge in [0.2, 0.25) is 0 Å². The lowest BCUT2D eigenvalue weighted by molar-refractivity contribution is 0.0884. The number of rotatable bonds is 7. The first-order chi connectivity index (χ1) is 14.1. The van der Waals surface area contributed by atoms with Crippen molar-refractivity contribution in [1.82, 2.24) is 25.1 Å². The molecule has 2 aliphatic heterocycles. The molecule has 3 heterocycles. The number of hydrogen-bond acceptors (Lipinski definition) is 6. The summed E-state index contributed by atoms with van der Waals surface area (Å²) in [4.78, 5) is 4.59. The zero-order valence-corrected chi connectivity index (χ0v) is 17.4. The van der Waals surface area contributed by atoms with Gasteiger partial charge in [-0.25, -0.2) is 9.07 Å². The van der Waals surface area contributed by atoms with Crippen molar-refractivity contribution in [3.05, 3.63) is 35.9 Å². The van der Waals surface area contributed by atoms with Gasteiger partial charge in [0.05, 0.1) is 24.4 Å². The molecule has 0 radical (unpaired) electrons. The van der Waals surface area contributed by atoms with Crippen LogP contribution in [0.5, 0.6) is 0 Å². The maximum Gasteiger partial charge on any atom is 0.168 e. The third-order valence-electron chi connectivity index (χ3n) is 5.90. The number of nitrogens with zero attached hydrogens (tertiary/aromatic N) is 6. The number of halogens is 1. The first kappa shape index (κ1) is 20.2. The Morgan fingerprint density at radius 1 is 1.17 bits per heavy atom. The Hall–Kier alpha value is -2.06. The highest BCUT2D eigenvalue weighted by Crippen LogP contribution is 2.29. The molecule has 158 valence electrons. The quantitative estimate of drug-likeness (QED) is 0.710. The van der Waals surface area contributed by atoms with Gasteiger partial charge in [-0.15, -0.1) is 5.10 Å². The van der Waals surface area contributed by atoms with Gasteiger partial charge >= 0.3 is 0 Å². The van der Waals surface area contributed by atoms with Crippen LogP contribution in [0.25, 0.3) is 0 Å². The van der Waals surface area contributed by atoms with Crippen LogP contribution in [0.3, 0.4) is 0 Å². The zero-order chi connectivity index (χ0) is 20.2. The van der Waals surface area contributed by atoms with E-state index in [4.69, 9.17) is 4.74 Å². The third-order valence-corrected chi connectivity index (χ3v) is 5.90. The number of anilines is 1. The second-order valence-electron chi connectivity index (χ2n) is 8.47.